The van der Waals surface area contributed by atoms with Gasteiger partial charge in [-0.2, -0.15) is 0 Å². The van der Waals surface area contributed by atoms with Gasteiger partial charge in [-0.15, -0.1) is 0 Å². The predicted octanol–water partition coefficient (Wildman–Crippen LogP) is 1.85. The first-order valence-corrected chi connectivity index (χ1v) is 3.81. The van der Waals surface area contributed by atoms with E-state index in [2.05, 4.69) is 26.1 Å². The zero-order chi connectivity index (χ0) is 7.11. The average Bonchev–Trinajstić information content (AvgIpc) is 1.85. The topological polar surface area (TPSA) is 12.0 Å². The van der Waals surface area contributed by atoms with Crippen molar-refractivity contribution in [3.63, 3.8) is 0 Å². The van der Waals surface area contributed by atoms with Crippen LogP contribution in [-0.2, 0) is 0 Å². The number of hydrogen-bond donors (Lipinski definition) is 1. The number of nitrogens with one attached hydrogen (secondary N) is 1. The van der Waals surface area contributed by atoms with Gasteiger partial charge in [-0.25, -0.2) is 0 Å². The maximum atomic E-state index is 3.71. The van der Waals surface area contributed by atoms with Gasteiger partial charge < -0.3 is 5.32 Å². The van der Waals surface area contributed by atoms with E-state index in [-0.39, 0.29) is 0 Å². The van der Waals surface area contributed by atoms with Crippen LogP contribution < -0.4 is 5.32 Å². The Kier molecular flexibility index (Phi) is 6.06. The molecule has 1 heteroatoms. The fraction of sp³-hybridized carbons (Fsp3) is 0.875. The fourth-order valence-corrected chi connectivity index (χ4v) is 0.943. The summed E-state index contributed by atoms with van der Waals surface area (Å²) in [5, 5.41) is 3.22. The maximum absolute atomic E-state index is 3.71. The summed E-state index contributed by atoms with van der Waals surface area (Å²) in [5.74, 6) is 0.816. The average molecular weight is 128 g/mol. The molecule has 0 saturated carbocycles. The summed E-state index contributed by atoms with van der Waals surface area (Å²) in [6.07, 6.45) is 2.62. The van der Waals surface area contributed by atoms with E-state index in [1.54, 1.807) is 0 Å². The molecule has 55 valence electrons. The predicted molar refractivity (Wildman–Crippen MR) is 42.3 cm³/mol. The van der Waals surface area contributed by atoms with E-state index in [1.165, 1.54) is 12.8 Å². The molecule has 1 unspecified atom stereocenters. The lowest BCUT2D eigenvalue weighted by atomic mass is 10.1. The van der Waals surface area contributed by atoms with Crippen LogP contribution in [0.4, 0.5) is 0 Å². The maximum Gasteiger partial charge on any atom is -0.00232 e. The summed E-state index contributed by atoms with van der Waals surface area (Å²) < 4.78 is 0. The van der Waals surface area contributed by atoms with Crippen LogP contribution in [0.25, 0.3) is 0 Å². The molecule has 0 bridgehead atoms. The molecule has 0 aromatic heterocycles. The Balaban J connectivity index is 2.95. The van der Waals surface area contributed by atoms with Crippen molar-refractivity contribution in [3.8, 4) is 0 Å². The van der Waals surface area contributed by atoms with Gasteiger partial charge in [-0.3, -0.25) is 0 Å². The van der Waals surface area contributed by atoms with Gasteiger partial charge in [0.15, 0.2) is 0 Å². The molecule has 1 nitrogen and oxygen atoms in total. The lowest BCUT2D eigenvalue weighted by molar-refractivity contribution is 0.489. The second-order valence-electron chi connectivity index (χ2n) is 2.60. The first kappa shape index (κ1) is 8.96. The van der Waals surface area contributed by atoms with E-state index in [1.807, 2.05) is 0 Å². The number of hydrogen-bond acceptors (Lipinski definition) is 1. The van der Waals surface area contributed by atoms with Crippen LogP contribution in [0.2, 0.25) is 0 Å². The summed E-state index contributed by atoms with van der Waals surface area (Å²) in [5.41, 5.74) is 0. The van der Waals surface area contributed by atoms with Crippen molar-refractivity contribution in [3.05, 3.63) is 6.92 Å². The molecule has 9 heavy (non-hydrogen) atoms. The zero-order valence-electron chi connectivity index (χ0n) is 6.61. The van der Waals surface area contributed by atoms with E-state index in [9.17, 15) is 0 Å². The molecule has 0 spiro atoms. The highest BCUT2D eigenvalue weighted by Gasteiger charge is 1.96. The smallest absolute Gasteiger partial charge is 0.00232 e. The fourth-order valence-electron chi connectivity index (χ4n) is 0.943. The SMILES string of the molecule is [CH2]CNCC(C)CCC. The normalized spacial score (nSPS) is 13.7. The van der Waals surface area contributed by atoms with Crippen molar-refractivity contribution < 1.29 is 0 Å². The second-order valence-corrected chi connectivity index (χ2v) is 2.60. The molecule has 0 amide bonds. The molecule has 0 aliphatic heterocycles. The molecule has 0 aliphatic rings. The molecule has 1 atom stereocenters. The summed E-state index contributed by atoms with van der Waals surface area (Å²) in [4.78, 5) is 0. The highest BCUT2D eigenvalue weighted by atomic mass is 14.8. The second kappa shape index (κ2) is 6.09. The molecule has 0 rings (SSSR count). The lowest BCUT2D eigenvalue weighted by Crippen LogP contribution is -2.20. The minimum Gasteiger partial charge on any atom is -0.316 e. The Labute approximate surface area is 58.8 Å². The number of rotatable bonds is 5. The Hall–Kier alpha value is -0.0400. The Morgan fingerprint density at radius 2 is 2.22 bits per heavy atom. The molecule has 0 fully saturated rings. The largest absolute Gasteiger partial charge is 0.316 e. The van der Waals surface area contributed by atoms with E-state index in [4.69, 9.17) is 0 Å². The van der Waals surface area contributed by atoms with E-state index in [0.717, 1.165) is 19.0 Å². The van der Waals surface area contributed by atoms with Crippen LogP contribution in [-0.4, -0.2) is 13.1 Å². The van der Waals surface area contributed by atoms with Crippen molar-refractivity contribution in [2.45, 2.75) is 26.7 Å². The monoisotopic (exact) mass is 128 g/mol. The van der Waals surface area contributed by atoms with Gasteiger partial charge in [0, 0.05) is 0 Å². The molecule has 0 aromatic rings. The summed E-state index contributed by atoms with van der Waals surface area (Å²) in [6.45, 7) is 10.2. The molecule has 1 radical (unpaired) electrons. The Morgan fingerprint density at radius 1 is 1.56 bits per heavy atom. The van der Waals surface area contributed by atoms with Gasteiger partial charge in [0.2, 0.25) is 0 Å². The van der Waals surface area contributed by atoms with Crippen LogP contribution in [0.3, 0.4) is 0 Å². The summed E-state index contributed by atoms with van der Waals surface area (Å²) in [6, 6.07) is 0. The summed E-state index contributed by atoms with van der Waals surface area (Å²) in [7, 11) is 0. The first-order chi connectivity index (χ1) is 4.31. The third kappa shape index (κ3) is 5.84. The van der Waals surface area contributed by atoms with Gasteiger partial charge in [0.25, 0.3) is 0 Å². The van der Waals surface area contributed by atoms with Crippen molar-refractivity contribution in [1.82, 2.24) is 5.32 Å². The van der Waals surface area contributed by atoms with Gasteiger partial charge in [0.05, 0.1) is 0 Å². The standard InChI is InChI=1S/C8H18N/c1-4-6-8(3)7-9-5-2/h8-9H,2,4-7H2,1,3H3. The van der Waals surface area contributed by atoms with Crippen LogP contribution >= 0.6 is 0 Å². The van der Waals surface area contributed by atoms with Crippen molar-refractivity contribution in [2.75, 3.05) is 13.1 Å². The van der Waals surface area contributed by atoms with E-state index >= 15 is 0 Å². The van der Waals surface area contributed by atoms with Crippen LogP contribution in [0.1, 0.15) is 26.7 Å². The van der Waals surface area contributed by atoms with Crippen LogP contribution in [0.5, 0.6) is 0 Å². The lowest BCUT2D eigenvalue weighted by Gasteiger charge is -2.08. The van der Waals surface area contributed by atoms with E-state index < -0.39 is 0 Å². The quantitative estimate of drug-likeness (QED) is 0.596. The zero-order valence-corrected chi connectivity index (χ0v) is 6.61. The van der Waals surface area contributed by atoms with Crippen molar-refractivity contribution in [1.29, 1.82) is 0 Å². The van der Waals surface area contributed by atoms with Crippen LogP contribution in [0, 0.1) is 12.8 Å². The Morgan fingerprint density at radius 3 is 2.67 bits per heavy atom. The third-order valence-electron chi connectivity index (χ3n) is 1.45. The minimum atomic E-state index is 0.816. The van der Waals surface area contributed by atoms with Gasteiger partial charge in [-0.1, -0.05) is 20.3 Å². The molecule has 0 aliphatic carbocycles. The Bertz CT molecular complexity index is 52.5. The molecular formula is C8H18N. The van der Waals surface area contributed by atoms with Gasteiger partial charge in [-0.05, 0) is 32.4 Å². The van der Waals surface area contributed by atoms with Crippen molar-refractivity contribution >= 4 is 0 Å². The van der Waals surface area contributed by atoms with Crippen molar-refractivity contribution in [2.24, 2.45) is 5.92 Å². The third-order valence-corrected chi connectivity index (χ3v) is 1.45. The highest BCUT2D eigenvalue weighted by Crippen LogP contribution is 2.01. The molecule has 0 saturated heterocycles. The van der Waals surface area contributed by atoms with Gasteiger partial charge >= 0.3 is 0 Å². The van der Waals surface area contributed by atoms with Crippen LogP contribution in [0.15, 0.2) is 0 Å². The van der Waals surface area contributed by atoms with E-state index in [0.29, 0.717) is 0 Å². The first-order valence-electron chi connectivity index (χ1n) is 3.81. The molecule has 0 aromatic carbocycles. The molecular weight excluding hydrogens is 110 g/mol. The van der Waals surface area contributed by atoms with Gasteiger partial charge in [0.1, 0.15) is 0 Å². The highest BCUT2D eigenvalue weighted by molar-refractivity contribution is 4.56. The molecule has 0 heterocycles. The summed E-state index contributed by atoms with van der Waals surface area (Å²) >= 11 is 0. The molecule has 1 N–H and O–H groups in total. The minimum absolute atomic E-state index is 0.816.